The van der Waals surface area contributed by atoms with E-state index < -0.39 is 12.0 Å². The zero-order valence-corrected chi connectivity index (χ0v) is 12.5. The molecule has 1 N–H and O–H groups in total. The van der Waals surface area contributed by atoms with Crippen molar-refractivity contribution in [3.63, 3.8) is 0 Å². The van der Waals surface area contributed by atoms with Crippen molar-refractivity contribution < 1.29 is 13.9 Å². The Labute approximate surface area is 128 Å². The fraction of sp³-hybridized carbons (Fsp3) is 0.200. The van der Waals surface area contributed by atoms with E-state index in [1.807, 2.05) is 0 Å². The lowest BCUT2D eigenvalue weighted by molar-refractivity contribution is 0.0477. The maximum atomic E-state index is 14.5. The fourth-order valence-corrected chi connectivity index (χ4v) is 3.05. The normalized spacial score (nSPS) is 16.6. The van der Waals surface area contributed by atoms with E-state index in [2.05, 4.69) is 15.9 Å². The quantitative estimate of drug-likeness (QED) is 0.761. The van der Waals surface area contributed by atoms with Crippen molar-refractivity contribution in [3.8, 4) is 11.1 Å². The standard InChI is InChI=1S/C15H10BrClF2O/c16-9-2-4-11-10-3-1-8(14(20)7-17)5-12(10)15(18,19)13(11)6-9/h1-6,14,20H,7H2. The summed E-state index contributed by atoms with van der Waals surface area (Å²) in [5.41, 5.74) is 1.35. The summed E-state index contributed by atoms with van der Waals surface area (Å²) in [4.78, 5) is 0. The second-order valence-electron chi connectivity index (χ2n) is 4.74. The maximum absolute atomic E-state index is 14.5. The number of aliphatic hydroxyl groups excluding tert-OH is 1. The third kappa shape index (κ3) is 1.98. The lowest BCUT2D eigenvalue weighted by Crippen LogP contribution is -2.12. The first-order chi connectivity index (χ1) is 9.45. The van der Waals surface area contributed by atoms with E-state index in [4.69, 9.17) is 11.6 Å². The van der Waals surface area contributed by atoms with Gasteiger partial charge in [0, 0.05) is 15.6 Å². The Morgan fingerprint density at radius 3 is 2.35 bits per heavy atom. The zero-order chi connectivity index (χ0) is 14.5. The van der Waals surface area contributed by atoms with Crippen LogP contribution in [0.2, 0.25) is 0 Å². The summed E-state index contributed by atoms with van der Waals surface area (Å²) in [6.07, 6.45) is -0.937. The Morgan fingerprint density at radius 2 is 1.70 bits per heavy atom. The summed E-state index contributed by atoms with van der Waals surface area (Å²) >= 11 is 8.79. The average molecular weight is 360 g/mol. The topological polar surface area (TPSA) is 20.2 Å². The van der Waals surface area contributed by atoms with E-state index in [1.54, 1.807) is 24.3 Å². The van der Waals surface area contributed by atoms with E-state index in [0.29, 0.717) is 21.2 Å². The van der Waals surface area contributed by atoms with Crippen molar-refractivity contribution >= 4 is 27.5 Å². The molecule has 3 rings (SSSR count). The maximum Gasteiger partial charge on any atom is 0.299 e. The first kappa shape index (κ1) is 14.0. The molecule has 0 spiro atoms. The van der Waals surface area contributed by atoms with E-state index >= 15 is 0 Å². The third-order valence-corrected chi connectivity index (χ3v) is 4.31. The van der Waals surface area contributed by atoms with Crippen LogP contribution in [-0.2, 0) is 5.92 Å². The molecule has 20 heavy (non-hydrogen) atoms. The van der Waals surface area contributed by atoms with Crippen molar-refractivity contribution in [2.45, 2.75) is 12.0 Å². The summed E-state index contributed by atoms with van der Waals surface area (Å²) in [5, 5.41) is 9.71. The number of benzene rings is 2. The van der Waals surface area contributed by atoms with Gasteiger partial charge in [0.15, 0.2) is 0 Å². The molecule has 5 heteroatoms. The van der Waals surface area contributed by atoms with Gasteiger partial charge in [-0.2, -0.15) is 8.78 Å². The number of hydrogen-bond acceptors (Lipinski definition) is 1. The van der Waals surface area contributed by atoms with Gasteiger partial charge in [-0.25, -0.2) is 0 Å². The minimum absolute atomic E-state index is 0.0145. The van der Waals surface area contributed by atoms with Gasteiger partial charge < -0.3 is 5.11 Å². The second kappa shape index (κ2) is 4.79. The monoisotopic (exact) mass is 358 g/mol. The van der Waals surface area contributed by atoms with Crippen molar-refractivity contribution in [2.24, 2.45) is 0 Å². The number of halogens is 4. The van der Waals surface area contributed by atoms with Crippen LogP contribution in [0.3, 0.4) is 0 Å². The molecule has 0 heterocycles. The van der Waals surface area contributed by atoms with Crippen molar-refractivity contribution in [2.75, 3.05) is 5.88 Å². The van der Waals surface area contributed by atoms with Crippen LogP contribution in [0.25, 0.3) is 11.1 Å². The molecule has 1 nitrogen and oxygen atoms in total. The molecule has 1 unspecified atom stereocenters. The molecule has 0 amide bonds. The van der Waals surface area contributed by atoms with Crippen LogP contribution < -0.4 is 0 Å². The molecule has 1 aliphatic carbocycles. The van der Waals surface area contributed by atoms with Gasteiger partial charge in [0.1, 0.15) is 0 Å². The second-order valence-corrected chi connectivity index (χ2v) is 5.96. The van der Waals surface area contributed by atoms with Crippen LogP contribution in [0.15, 0.2) is 40.9 Å². The molecule has 0 fully saturated rings. The van der Waals surface area contributed by atoms with Gasteiger partial charge in [-0.15, -0.1) is 11.6 Å². The van der Waals surface area contributed by atoms with E-state index in [1.165, 1.54) is 12.1 Å². The van der Waals surface area contributed by atoms with Gasteiger partial charge in [0.05, 0.1) is 12.0 Å². The molecule has 0 bridgehead atoms. The zero-order valence-electron chi connectivity index (χ0n) is 10.2. The highest BCUT2D eigenvalue weighted by Gasteiger charge is 2.44. The first-order valence-electron chi connectivity index (χ1n) is 6.02. The Hall–Kier alpha value is -0.970. The smallest absolute Gasteiger partial charge is 0.299 e. The van der Waals surface area contributed by atoms with Crippen LogP contribution in [0.1, 0.15) is 22.8 Å². The Morgan fingerprint density at radius 1 is 1.10 bits per heavy atom. The molecule has 2 aromatic carbocycles. The van der Waals surface area contributed by atoms with Crippen LogP contribution in [0.5, 0.6) is 0 Å². The Balaban J connectivity index is 2.21. The van der Waals surface area contributed by atoms with Gasteiger partial charge in [-0.05, 0) is 34.9 Å². The average Bonchev–Trinajstić information content (AvgIpc) is 2.66. The summed E-state index contributed by atoms with van der Waals surface area (Å²) in [7, 11) is 0. The summed E-state index contributed by atoms with van der Waals surface area (Å²) in [6.45, 7) is 0. The minimum atomic E-state index is -3.06. The molecule has 0 aromatic heterocycles. The van der Waals surface area contributed by atoms with E-state index in [-0.39, 0.29) is 17.0 Å². The highest BCUT2D eigenvalue weighted by Crippen LogP contribution is 2.52. The first-order valence-corrected chi connectivity index (χ1v) is 7.34. The minimum Gasteiger partial charge on any atom is -0.387 e. The number of aliphatic hydroxyl groups is 1. The summed E-state index contributed by atoms with van der Waals surface area (Å²) < 4.78 is 29.7. The largest absolute Gasteiger partial charge is 0.387 e. The molecular formula is C15H10BrClF2O. The van der Waals surface area contributed by atoms with Crippen LogP contribution >= 0.6 is 27.5 Å². The molecule has 2 aromatic rings. The van der Waals surface area contributed by atoms with Gasteiger partial charge >= 0.3 is 0 Å². The molecule has 0 radical (unpaired) electrons. The summed E-state index contributed by atoms with van der Waals surface area (Å²) in [6, 6.07) is 9.46. The molecule has 0 saturated heterocycles. The van der Waals surface area contributed by atoms with Gasteiger partial charge in [0.2, 0.25) is 0 Å². The number of alkyl halides is 3. The highest BCUT2D eigenvalue weighted by atomic mass is 79.9. The van der Waals surface area contributed by atoms with Crippen molar-refractivity contribution in [1.82, 2.24) is 0 Å². The van der Waals surface area contributed by atoms with Crippen LogP contribution in [0, 0.1) is 0 Å². The molecule has 0 saturated carbocycles. The Bertz CT molecular complexity index is 688. The van der Waals surface area contributed by atoms with Gasteiger partial charge in [0.25, 0.3) is 5.92 Å². The third-order valence-electron chi connectivity index (χ3n) is 3.52. The molecule has 1 aliphatic rings. The van der Waals surface area contributed by atoms with Gasteiger partial charge in [-0.1, -0.05) is 34.1 Å². The fourth-order valence-electron chi connectivity index (χ4n) is 2.51. The SMILES string of the molecule is OC(CCl)c1ccc2c(c1)C(F)(F)c1cc(Br)ccc1-2. The van der Waals surface area contributed by atoms with Crippen molar-refractivity contribution in [1.29, 1.82) is 0 Å². The van der Waals surface area contributed by atoms with E-state index in [0.717, 1.165) is 0 Å². The summed E-state index contributed by atoms with van der Waals surface area (Å²) in [5.74, 6) is -3.08. The molecular weight excluding hydrogens is 350 g/mol. The number of rotatable bonds is 2. The van der Waals surface area contributed by atoms with E-state index in [9.17, 15) is 13.9 Å². The molecule has 1 atom stereocenters. The number of fused-ring (bicyclic) bond motifs is 3. The predicted molar refractivity (Wildman–Crippen MR) is 78.3 cm³/mol. The van der Waals surface area contributed by atoms with Gasteiger partial charge in [-0.3, -0.25) is 0 Å². The lowest BCUT2D eigenvalue weighted by atomic mass is 10.0. The molecule has 104 valence electrons. The molecule has 0 aliphatic heterocycles. The lowest BCUT2D eigenvalue weighted by Gasteiger charge is -2.14. The number of hydrogen-bond donors (Lipinski definition) is 1. The predicted octanol–water partition coefficient (Wildman–Crippen LogP) is 4.84. The van der Waals surface area contributed by atoms with Crippen LogP contribution in [-0.4, -0.2) is 11.0 Å². The Kier molecular flexibility index (Phi) is 3.35. The van der Waals surface area contributed by atoms with Crippen LogP contribution in [0.4, 0.5) is 8.78 Å². The highest BCUT2D eigenvalue weighted by molar-refractivity contribution is 9.10. The van der Waals surface area contributed by atoms with Crippen molar-refractivity contribution in [3.05, 3.63) is 57.6 Å².